The number of aryl methyl sites for hydroxylation is 1. The molecule has 0 fully saturated rings. The second kappa shape index (κ2) is 4.31. The van der Waals surface area contributed by atoms with Crippen LogP contribution in [0.5, 0.6) is 0 Å². The summed E-state index contributed by atoms with van der Waals surface area (Å²) in [6, 6.07) is 1.48. The van der Waals surface area contributed by atoms with Crippen LogP contribution >= 0.6 is 11.3 Å². The molecule has 0 saturated carbocycles. The molecule has 15 heavy (non-hydrogen) atoms. The van der Waals surface area contributed by atoms with Gasteiger partial charge in [-0.25, -0.2) is 9.59 Å². The first-order valence-corrected chi connectivity index (χ1v) is 5.03. The summed E-state index contributed by atoms with van der Waals surface area (Å²) in [7, 11) is 0. The minimum atomic E-state index is -1.18. The van der Waals surface area contributed by atoms with Crippen LogP contribution in [-0.4, -0.2) is 23.1 Å². The van der Waals surface area contributed by atoms with Crippen molar-refractivity contribution in [3.05, 3.63) is 15.8 Å². The monoisotopic (exact) mass is 229 g/mol. The minimum absolute atomic E-state index is 0.318. The lowest BCUT2D eigenvalue weighted by Gasteiger charge is -2.06. The van der Waals surface area contributed by atoms with Gasteiger partial charge in [-0.3, -0.25) is 0 Å². The number of nitrogens with two attached hydrogens (primary N) is 1. The van der Waals surface area contributed by atoms with Crippen molar-refractivity contribution < 1.29 is 19.4 Å². The lowest BCUT2D eigenvalue weighted by atomic mass is 10.3. The molecule has 5 nitrogen and oxygen atoms in total. The first-order chi connectivity index (χ1) is 6.91. The smallest absolute Gasteiger partial charge is 0.349 e. The van der Waals surface area contributed by atoms with Crippen LogP contribution < -0.4 is 5.73 Å². The van der Waals surface area contributed by atoms with Crippen molar-refractivity contribution in [1.29, 1.82) is 0 Å². The maximum Gasteiger partial charge on any atom is 0.349 e. The van der Waals surface area contributed by atoms with Gasteiger partial charge in [0.15, 0.2) is 6.10 Å². The summed E-state index contributed by atoms with van der Waals surface area (Å²) in [5, 5.41) is 8.54. The number of nitrogen functional groups attached to an aromatic ring is 1. The molecule has 0 spiro atoms. The van der Waals surface area contributed by atoms with E-state index in [-0.39, 0.29) is 0 Å². The number of carboxylic acids is 1. The molecule has 1 rings (SSSR count). The van der Waals surface area contributed by atoms with E-state index in [1.54, 1.807) is 6.92 Å². The minimum Gasteiger partial charge on any atom is -0.479 e. The zero-order valence-electron chi connectivity index (χ0n) is 8.31. The Balaban J connectivity index is 2.73. The zero-order valence-corrected chi connectivity index (χ0v) is 9.13. The SMILES string of the molecule is Cc1sc(C(=O)OC(C)C(=O)O)cc1N. The Morgan fingerprint density at radius 2 is 2.20 bits per heavy atom. The molecule has 0 aromatic carbocycles. The Morgan fingerprint density at radius 3 is 2.60 bits per heavy atom. The molecule has 0 bridgehead atoms. The summed E-state index contributed by atoms with van der Waals surface area (Å²) in [5.74, 6) is -1.83. The van der Waals surface area contributed by atoms with Gasteiger partial charge in [0, 0.05) is 10.6 Å². The van der Waals surface area contributed by atoms with Crippen molar-refractivity contribution in [2.45, 2.75) is 20.0 Å². The van der Waals surface area contributed by atoms with Crippen molar-refractivity contribution >= 4 is 29.0 Å². The zero-order chi connectivity index (χ0) is 11.6. The molecule has 0 amide bonds. The van der Waals surface area contributed by atoms with Crippen molar-refractivity contribution in [3.8, 4) is 0 Å². The number of rotatable bonds is 3. The van der Waals surface area contributed by atoms with Crippen LogP contribution in [0.2, 0.25) is 0 Å². The Hall–Kier alpha value is -1.56. The molecule has 1 heterocycles. The van der Waals surface area contributed by atoms with Crippen LogP contribution in [0.1, 0.15) is 21.5 Å². The molecule has 1 aromatic rings. The Kier molecular flexibility index (Phi) is 3.31. The number of carbonyl (C=O) groups excluding carboxylic acids is 1. The average Bonchev–Trinajstić information content (AvgIpc) is 2.46. The molecule has 0 aliphatic carbocycles. The highest BCUT2D eigenvalue weighted by molar-refractivity contribution is 7.14. The summed E-state index contributed by atoms with van der Waals surface area (Å²) in [6.07, 6.45) is -1.15. The Labute approximate surface area is 90.5 Å². The fraction of sp³-hybridized carbons (Fsp3) is 0.333. The molecule has 1 aromatic heterocycles. The third-order valence-corrected chi connectivity index (χ3v) is 2.84. The number of aliphatic carboxylic acids is 1. The van der Waals surface area contributed by atoms with Crippen LogP contribution in [0, 0.1) is 6.92 Å². The van der Waals surface area contributed by atoms with E-state index >= 15 is 0 Å². The number of carbonyl (C=O) groups is 2. The largest absolute Gasteiger partial charge is 0.479 e. The predicted molar refractivity (Wildman–Crippen MR) is 56.0 cm³/mol. The lowest BCUT2D eigenvalue weighted by Crippen LogP contribution is -2.23. The molecule has 0 aliphatic rings. The number of anilines is 1. The van der Waals surface area contributed by atoms with E-state index in [9.17, 15) is 9.59 Å². The van der Waals surface area contributed by atoms with Gasteiger partial charge >= 0.3 is 11.9 Å². The van der Waals surface area contributed by atoms with Gasteiger partial charge in [0.2, 0.25) is 0 Å². The van der Waals surface area contributed by atoms with Gasteiger partial charge in [0.05, 0.1) is 0 Å². The summed E-state index contributed by atoms with van der Waals surface area (Å²) in [6.45, 7) is 3.07. The summed E-state index contributed by atoms with van der Waals surface area (Å²) in [5.41, 5.74) is 6.06. The Morgan fingerprint density at radius 1 is 1.60 bits per heavy atom. The van der Waals surface area contributed by atoms with E-state index in [0.29, 0.717) is 10.6 Å². The highest BCUT2D eigenvalue weighted by Crippen LogP contribution is 2.24. The van der Waals surface area contributed by atoms with E-state index in [1.165, 1.54) is 24.3 Å². The van der Waals surface area contributed by atoms with Crippen LogP contribution in [0.25, 0.3) is 0 Å². The second-order valence-corrected chi connectivity index (χ2v) is 4.26. The molecule has 0 saturated heterocycles. The second-order valence-electron chi connectivity index (χ2n) is 3.01. The third kappa shape index (κ3) is 2.69. The quantitative estimate of drug-likeness (QED) is 0.762. The molecule has 1 atom stereocenters. The summed E-state index contributed by atoms with van der Waals surface area (Å²) in [4.78, 5) is 23.0. The molecule has 6 heteroatoms. The molecule has 82 valence electrons. The van der Waals surface area contributed by atoms with Gasteiger partial charge in [-0.1, -0.05) is 0 Å². The van der Waals surface area contributed by atoms with Crippen molar-refractivity contribution in [2.24, 2.45) is 0 Å². The van der Waals surface area contributed by atoms with E-state index in [1.807, 2.05) is 0 Å². The van der Waals surface area contributed by atoms with E-state index < -0.39 is 18.0 Å². The molecule has 0 radical (unpaired) electrons. The number of ether oxygens (including phenoxy) is 1. The van der Waals surface area contributed by atoms with Crippen LogP contribution in [0.15, 0.2) is 6.07 Å². The molecule has 3 N–H and O–H groups in total. The highest BCUT2D eigenvalue weighted by atomic mass is 32.1. The first kappa shape index (κ1) is 11.5. The number of hydrogen-bond acceptors (Lipinski definition) is 5. The first-order valence-electron chi connectivity index (χ1n) is 4.21. The normalized spacial score (nSPS) is 12.1. The summed E-state index contributed by atoms with van der Waals surface area (Å²) >= 11 is 1.18. The van der Waals surface area contributed by atoms with E-state index in [2.05, 4.69) is 4.74 Å². The van der Waals surface area contributed by atoms with E-state index in [0.717, 1.165) is 4.88 Å². The standard InChI is InChI=1S/C9H11NO4S/c1-4(8(11)12)14-9(13)7-3-6(10)5(2)15-7/h3-4H,10H2,1-2H3,(H,11,12). The summed E-state index contributed by atoms with van der Waals surface area (Å²) < 4.78 is 4.68. The van der Waals surface area contributed by atoms with Crippen molar-refractivity contribution in [3.63, 3.8) is 0 Å². The van der Waals surface area contributed by atoms with Gasteiger partial charge in [-0.2, -0.15) is 0 Å². The maximum absolute atomic E-state index is 11.4. The Bertz CT molecular complexity index is 379. The molecule has 0 aliphatic heterocycles. The number of thiophene rings is 1. The fourth-order valence-corrected chi connectivity index (χ4v) is 1.69. The fourth-order valence-electron chi connectivity index (χ4n) is 0.866. The van der Waals surface area contributed by atoms with Gasteiger partial charge < -0.3 is 15.6 Å². The van der Waals surface area contributed by atoms with Crippen molar-refractivity contribution in [1.82, 2.24) is 0 Å². The van der Waals surface area contributed by atoms with Crippen LogP contribution in [0.3, 0.4) is 0 Å². The maximum atomic E-state index is 11.4. The molecule has 1 unspecified atom stereocenters. The van der Waals surface area contributed by atoms with Gasteiger partial charge in [-0.05, 0) is 19.9 Å². The molecular weight excluding hydrogens is 218 g/mol. The highest BCUT2D eigenvalue weighted by Gasteiger charge is 2.19. The lowest BCUT2D eigenvalue weighted by molar-refractivity contribution is -0.146. The van der Waals surface area contributed by atoms with Crippen molar-refractivity contribution in [2.75, 3.05) is 5.73 Å². The number of hydrogen-bond donors (Lipinski definition) is 2. The van der Waals surface area contributed by atoms with Gasteiger partial charge in [0.25, 0.3) is 0 Å². The van der Waals surface area contributed by atoms with Crippen LogP contribution in [-0.2, 0) is 9.53 Å². The van der Waals surface area contributed by atoms with Gasteiger partial charge in [0.1, 0.15) is 4.88 Å². The number of esters is 1. The predicted octanol–water partition coefficient (Wildman–Crippen LogP) is 1.27. The topological polar surface area (TPSA) is 89.6 Å². The average molecular weight is 229 g/mol. The third-order valence-electron chi connectivity index (χ3n) is 1.79. The van der Waals surface area contributed by atoms with E-state index in [4.69, 9.17) is 10.8 Å². The molecular formula is C9H11NO4S. The van der Waals surface area contributed by atoms with Gasteiger partial charge in [-0.15, -0.1) is 11.3 Å². The van der Waals surface area contributed by atoms with Crippen LogP contribution in [0.4, 0.5) is 5.69 Å². The number of carboxylic acid groups (broad SMARTS) is 1.